The summed E-state index contributed by atoms with van der Waals surface area (Å²) in [6, 6.07) is 0. The normalized spacial score (nSPS) is 11.2. The molecule has 0 spiro atoms. The second-order valence-electron chi connectivity index (χ2n) is 5.30. The highest BCUT2D eigenvalue weighted by atomic mass is 35.5. The summed E-state index contributed by atoms with van der Waals surface area (Å²) in [5.74, 6) is 0. The molecule has 0 aromatic carbocycles. The molecular formula is C16H27Cl2N3. The van der Waals surface area contributed by atoms with E-state index in [0.29, 0.717) is 10.0 Å². The molecule has 0 radical (unpaired) electrons. The van der Waals surface area contributed by atoms with Crippen LogP contribution in [-0.2, 0) is 0 Å². The van der Waals surface area contributed by atoms with Crippen molar-refractivity contribution in [1.82, 2.24) is 9.88 Å². The lowest BCUT2D eigenvalue weighted by atomic mass is 10.2. The molecule has 1 N–H and O–H groups in total. The van der Waals surface area contributed by atoms with E-state index < -0.39 is 0 Å². The quantitative estimate of drug-likeness (QED) is 0.650. The highest BCUT2D eigenvalue weighted by Gasteiger charge is 2.12. The summed E-state index contributed by atoms with van der Waals surface area (Å²) in [5.41, 5.74) is 2.47. The average Bonchev–Trinajstić information content (AvgIpc) is 2.47. The molecule has 0 aliphatic rings. The van der Waals surface area contributed by atoms with Gasteiger partial charge in [-0.1, -0.05) is 43.5 Å². The summed E-state index contributed by atoms with van der Waals surface area (Å²) >= 11 is 12.5. The van der Waals surface area contributed by atoms with Gasteiger partial charge in [0.05, 0.1) is 27.1 Å². The molecular weight excluding hydrogens is 305 g/mol. The van der Waals surface area contributed by atoms with Gasteiger partial charge in [-0.15, -0.1) is 0 Å². The van der Waals surface area contributed by atoms with Crippen molar-refractivity contribution in [2.45, 2.75) is 47.0 Å². The molecule has 0 amide bonds. The van der Waals surface area contributed by atoms with Crippen molar-refractivity contribution >= 4 is 28.9 Å². The first-order chi connectivity index (χ1) is 10.0. The van der Waals surface area contributed by atoms with Gasteiger partial charge in [-0.2, -0.15) is 0 Å². The van der Waals surface area contributed by atoms with Gasteiger partial charge >= 0.3 is 0 Å². The molecule has 1 aromatic heterocycles. The van der Waals surface area contributed by atoms with Crippen molar-refractivity contribution in [3.05, 3.63) is 21.4 Å². The number of unbranched alkanes of at least 4 members (excludes halogenated alkanes) is 2. The highest BCUT2D eigenvalue weighted by Crippen LogP contribution is 2.33. The summed E-state index contributed by atoms with van der Waals surface area (Å²) in [6.45, 7) is 12.6. The summed E-state index contributed by atoms with van der Waals surface area (Å²) in [6.07, 6.45) is 3.56. The molecule has 5 heteroatoms. The minimum Gasteiger partial charge on any atom is -0.383 e. The van der Waals surface area contributed by atoms with Crippen LogP contribution in [0.1, 0.15) is 44.5 Å². The van der Waals surface area contributed by atoms with Gasteiger partial charge in [-0.3, -0.25) is 4.98 Å². The Hall–Kier alpha value is -0.510. The molecule has 120 valence electrons. The molecule has 1 heterocycles. The summed E-state index contributed by atoms with van der Waals surface area (Å²) in [7, 11) is 0. The van der Waals surface area contributed by atoms with Crippen molar-refractivity contribution in [1.29, 1.82) is 0 Å². The maximum Gasteiger partial charge on any atom is 0.0865 e. The Morgan fingerprint density at radius 1 is 0.952 bits per heavy atom. The van der Waals surface area contributed by atoms with Crippen LogP contribution in [0, 0.1) is 13.8 Å². The van der Waals surface area contributed by atoms with Crippen molar-refractivity contribution in [3.63, 3.8) is 0 Å². The Balaban J connectivity index is 2.37. The number of nitrogens with zero attached hydrogens (tertiary/aromatic N) is 2. The van der Waals surface area contributed by atoms with Gasteiger partial charge in [0.15, 0.2) is 0 Å². The summed E-state index contributed by atoms with van der Waals surface area (Å²) in [4.78, 5) is 6.77. The van der Waals surface area contributed by atoms with E-state index in [9.17, 15) is 0 Å². The van der Waals surface area contributed by atoms with E-state index in [4.69, 9.17) is 23.2 Å². The van der Waals surface area contributed by atoms with Crippen LogP contribution in [0.2, 0.25) is 10.0 Å². The predicted octanol–water partition coefficient (Wildman–Crippen LogP) is 4.93. The number of nitrogens with one attached hydrogen (secondary N) is 1. The van der Waals surface area contributed by atoms with Crippen LogP contribution in [0.4, 0.5) is 5.69 Å². The van der Waals surface area contributed by atoms with Gasteiger partial charge in [0, 0.05) is 6.54 Å². The zero-order valence-corrected chi connectivity index (χ0v) is 15.1. The fraction of sp³-hybridized carbons (Fsp3) is 0.688. The van der Waals surface area contributed by atoms with E-state index in [2.05, 4.69) is 29.0 Å². The fourth-order valence-electron chi connectivity index (χ4n) is 2.35. The molecule has 1 rings (SSSR count). The second-order valence-corrected chi connectivity index (χ2v) is 6.06. The zero-order chi connectivity index (χ0) is 15.8. The molecule has 0 saturated heterocycles. The molecule has 0 aliphatic carbocycles. The first-order valence-electron chi connectivity index (χ1n) is 7.79. The average molecular weight is 332 g/mol. The maximum atomic E-state index is 6.27. The van der Waals surface area contributed by atoms with Crippen molar-refractivity contribution in [2.75, 3.05) is 31.5 Å². The lowest BCUT2D eigenvalue weighted by molar-refractivity contribution is 0.296. The van der Waals surface area contributed by atoms with Gasteiger partial charge in [0.1, 0.15) is 0 Å². The van der Waals surface area contributed by atoms with Crippen LogP contribution >= 0.6 is 23.2 Å². The van der Waals surface area contributed by atoms with Crippen molar-refractivity contribution in [3.8, 4) is 0 Å². The van der Waals surface area contributed by atoms with Crippen LogP contribution in [0.3, 0.4) is 0 Å². The smallest absolute Gasteiger partial charge is 0.0865 e. The van der Waals surface area contributed by atoms with Crippen LogP contribution < -0.4 is 5.32 Å². The number of rotatable bonds is 9. The molecule has 21 heavy (non-hydrogen) atoms. The van der Waals surface area contributed by atoms with Crippen LogP contribution in [0.15, 0.2) is 0 Å². The van der Waals surface area contributed by atoms with Gasteiger partial charge in [-0.05, 0) is 46.3 Å². The second kappa shape index (κ2) is 9.50. The minimum absolute atomic E-state index is 0.633. The number of aromatic nitrogens is 1. The van der Waals surface area contributed by atoms with Crippen LogP contribution in [-0.4, -0.2) is 36.1 Å². The van der Waals surface area contributed by atoms with Crippen molar-refractivity contribution in [2.24, 2.45) is 0 Å². The number of pyridine rings is 1. The number of halogens is 2. The van der Waals surface area contributed by atoms with E-state index in [1.54, 1.807) is 0 Å². The molecule has 0 aliphatic heterocycles. The third-order valence-corrected chi connectivity index (χ3v) is 4.68. The SMILES string of the molecule is CCN(CC)CCCCCNc1c(Cl)c(C)nc(C)c1Cl. The zero-order valence-electron chi connectivity index (χ0n) is 13.6. The Kier molecular flexibility index (Phi) is 8.38. The lowest BCUT2D eigenvalue weighted by Gasteiger charge is -2.17. The molecule has 0 fully saturated rings. The van der Waals surface area contributed by atoms with Crippen molar-refractivity contribution < 1.29 is 0 Å². The fourth-order valence-corrected chi connectivity index (χ4v) is 2.81. The number of hydrogen-bond donors (Lipinski definition) is 1. The Bertz CT molecular complexity index is 419. The predicted molar refractivity (Wildman–Crippen MR) is 93.9 cm³/mol. The van der Waals surface area contributed by atoms with E-state index in [1.807, 2.05) is 13.8 Å². The van der Waals surface area contributed by atoms with Crippen LogP contribution in [0.25, 0.3) is 0 Å². The molecule has 3 nitrogen and oxygen atoms in total. The minimum atomic E-state index is 0.633. The van der Waals surface area contributed by atoms with Crippen LogP contribution in [0.5, 0.6) is 0 Å². The first kappa shape index (κ1) is 18.5. The van der Waals surface area contributed by atoms with E-state index in [1.165, 1.54) is 19.4 Å². The number of anilines is 1. The summed E-state index contributed by atoms with van der Waals surface area (Å²) < 4.78 is 0. The van der Waals surface area contributed by atoms with Gasteiger partial charge < -0.3 is 10.2 Å². The van der Waals surface area contributed by atoms with E-state index in [-0.39, 0.29) is 0 Å². The Labute approximate surface area is 139 Å². The first-order valence-corrected chi connectivity index (χ1v) is 8.55. The Morgan fingerprint density at radius 2 is 1.52 bits per heavy atom. The number of hydrogen-bond acceptors (Lipinski definition) is 3. The summed E-state index contributed by atoms with van der Waals surface area (Å²) in [5, 5.41) is 4.63. The van der Waals surface area contributed by atoms with E-state index in [0.717, 1.165) is 43.1 Å². The lowest BCUT2D eigenvalue weighted by Crippen LogP contribution is -2.23. The third kappa shape index (κ3) is 5.65. The molecule has 0 bridgehead atoms. The van der Waals surface area contributed by atoms with E-state index >= 15 is 0 Å². The molecule has 0 unspecified atom stereocenters. The van der Waals surface area contributed by atoms with Gasteiger partial charge in [0.25, 0.3) is 0 Å². The topological polar surface area (TPSA) is 28.2 Å². The monoisotopic (exact) mass is 331 g/mol. The highest BCUT2D eigenvalue weighted by molar-refractivity contribution is 6.39. The molecule has 0 atom stereocenters. The third-order valence-electron chi connectivity index (χ3n) is 3.76. The standard InChI is InChI=1S/C16H27Cl2N3/c1-5-21(6-2)11-9-7-8-10-19-16-14(17)12(3)20-13(4)15(16)18/h5-11H2,1-4H3,(H,19,20). The number of aryl methyl sites for hydroxylation is 2. The largest absolute Gasteiger partial charge is 0.383 e. The van der Waals surface area contributed by atoms with Gasteiger partial charge in [0.2, 0.25) is 0 Å². The molecule has 1 aromatic rings. The molecule has 0 saturated carbocycles. The Morgan fingerprint density at radius 3 is 2.05 bits per heavy atom. The maximum absolute atomic E-state index is 6.27. The van der Waals surface area contributed by atoms with Gasteiger partial charge in [-0.25, -0.2) is 0 Å².